The molecule has 0 radical (unpaired) electrons. The molecule has 0 aliphatic carbocycles. The van der Waals surface area contributed by atoms with Crippen molar-refractivity contribution in [3.05, 3.63) is 69.7 Å². The summed E-state index contributed by atoms with van der Waals surface area (Å²) >= 11 is 3.15. The number of rotatable bonds is 5. The lowest BCUT2D eigenvalue weighted by Crippen LogP contribution is -2.21. The van der Waals surface area contributed by atoms with E-state index in [1.807, 2.05) is 48.1 Å². The number of aliphatic imine (C=N–C) groups is 1. The average Bonchev–Trinajstić information content (AvgIpc) is 3.33. The number of aryl methyl sites for hydroxylation is 2. The predicted molar refractivity (Wildman–Crippen MR) is 138 cm³/mol. The van der Waals surface area contributed by atoms with Crippen molar-refractivity contribution in [1.29, 1.82) is 0 Å². The van der Waals surface area contributed by atoms with Crippen LogP contribution in [-0.4, -0.2) is 47.8 Å². The van der Waals surface area contributed by atoms with Gasteiger partial charge in [0.15, 0.2) is 11.0 Å². The van der Waals surface area contributed by atoms with Crippen molar-refractivity contribution in [1.82, 2.24) is 24.7 Å². The summed E-state index contributed by atoms with van der Waals surface area (Å²) in [5.74, 6) is -0.428. The Balaban J connectivity index is 1.69. The molecule has 2 atom stereocenters. The lowest BCUT2D eigenvalue weighted by Gasteiger charge is -2.16. The van der Waals surface area contributed by atoms with Crippen LogP contribution in [0.15, 0.2) is 46.7 Å². The first kappa shape index (κ1) is 23.4. The minimum atomic E-state index is -0.924. The summed E-state index contributed by atoms with van der Waals surface area (Å²) in [7, 11) is 0. The van der Waals surface area contributed by atoms with Gasteiger partial charge in [-0.3, -0.25) is 14.4 Å². The third kappa shape index (κ3) is 3.96. The first-order valence-corrected chi connectivity index (χ1v) is 13.1. The van der Waals surface area contributed by atoms with Gasteiger partial charge in [-0.1, -0.05) is 36.0 Å². The molecule has 0 bridgehead atoms. The summed E-state index contributed by atoms with van der Waals surface area (Å²) < 4.78 is 1.97. The summed E-state index contributed by atoms with van der Waals surface area (Å²) in [6.07, 6.45) is 3.71. The van der Waals surface area contributed by atoms with Gasteiger partial charge in [-0.05, 0) is 45.6 Å². The molecule has 0 saturated heterocycles. The van der Waals surface area contributed by atoms with E-state index in [-0.39, 0.29) is 0 Å². The number of hydrogen-bond donors (Lipinski definition) is 1. The highest BCUT2D eigenvalue weighted by Crippen LogP contribution is 2.40. The Kier molecular flexibility index (Phi) is 6.02. The Morgan fingerprint density at radius 3 is 2.51 bits per heavy atom. The summed E-state index contributed by atoms with van der Waals surface area (Å²) in [5.41, 5.74) is 5.62. The van der Waals surface area contributed by atoms with E-state index in [0.29, 0.717) is 11.6 Å². The van der Waals surface area contributed by atoms with Gasteiger partial charge in [0.1, 0.15) is 16.9 Å². The molecule has 1 aromatic carbocycles. The van der Waals surface area contributed by atoms with E-state index in [0.717, 1.165) is 43.8 Å². The van der Waals surface area contributed by atoms with Crippen LogP contribution in [0.3, 0.4) is 0 Å². The van der Waals surface area contributed by atoms with E-state index >= 15 is 0 Å². The van der Waals surface area contributed by atoms with Crippen molar-refractivity contribution < 1.29 is 9.90 Å². The van der Waals surface area contributed by atoms with Gasteiger partial charge in [0.25, 0.3) is 0 Å². The SMILES string of the molecule is CSc1nccc(-c2ccc(C3=N[C@@H](C(C)C(=O)O)c4nnc(C)n4-c4sc(C)c(C)c43)cc2)n1. The molecule has 1 unspecified atom stereocenters. The average molecular weight is 505 g/mol. The zero-order chi connectivity index (χ0) is 24.9. The largest absolute Gasteiger partial charge is 0.481 e. The summed E-state index contributed by atoms with van der Waals surface area (Å²) in [6.45, 7) is 7.73. The molecule has 8 nitrogen and oxygen atoms in total. The van der Waals surface area contributed by atoms with E-state index in [4.69, 9.17) is 4.99 Å². The number of nitrogens with zero attached hydrogens (tertiary/aromatic N) is 6. The maximum absolute atomic E-state index is 12.0. The summed E-state index contributed by atoms with van der Waals surface area (Å²) in [5, 5.41) is 20.2. The molecule has 1 N–H and O–H groups in total. The van der Waals surface area contributed by atoms with Gasteiger partial charge in [-0.15, -0.1) is 21.5 Å². The van der Waals surface area contributed by atoms with Crippen molar-refractivity contribution >= 4 is 34.8 Å². The molecule has 4 heterocycles. The summed E-state index contributed by atoms with van der Waals surface area (Å²) in [4.78, 5) is 27.1. The second kappa shape index (κ2) is 9.01. The zero-order valence-electron chi connectivity index (χ0n) is 20.0. The van der Waals surface area contributed by atoms with E-state index in [1.54, 1.807) is 24.5 Å². The normalized spacial score (nSPS) is 15.7. The van der Waals surface area contributed by atoms with Crippen LogP contribution in [-0.2, 0) is 4.79 Å². The maximum Gasteiger partial charge on any atom is 0.308 e. The Morgan fingerprint density at radius 1 is 1.11 bits per heavy atom. The number of hydrogen-bond acceptors (Lipinski definition) is 8. The maximum atomic E-state index is 12.0. The first-order valence-electron chi connectivity index (χ1n) is 11.1. The van der Waals surface area contributed by atoms with E-state index < -0.39 is 17.9 Å². The molecule has 0 amide bonds. The van der Waals surface area contributed by atoms with Crippen LogP contribution in [0.1, 0.15) is 46.2 Å². The van der Waals surface area contributed by atoms with Crippen molar-refractivity contribution in [2.75, 3.05) is 6.26 Å². The van der Waals surface area contributed by atoms with E-state index in [1.165, 1.54) is 16.6 Å². The smallest absolute Gasteiger partial charge is 0.308 e. The van der Waals surface area contributed by atoms with Crippen LogP contribution >= 0.6 is 23.1 Å². The molecular weight excluding hydrogens is 480 g/mol. The quantitative estimate of drug-likeness (QED) is 0.300. The monoisotopic (exact) mass is 504 g/mol. The highest BCUT2D eigenvalue weighted by atomic mass is 32.2. The number of aliphatic carboxylic acids is 1. The third-order valence-electron chi connectivity index (χ3n) is 6.32. The number of aromatic nitrogens is 5. The fourth-order valence-corrected chi connectivity index (χ4v) is 5.79. The van der Waals surface area contributed by atoms with Crippen molar-refractivity contribution in [2.24, 2.45) is 10.9 Å². The number of thiophene rings is 1. The Labute approximate surface area is 211 Å². The van der Waals surface area contributed by atoms with Crippen molar-refractivity contribution in [3.63, 3.8) is 0 Å². The molecule has 178 valence electrons. The van der Waals surface area contributed by atoms with Crippen LogP contribution in [0.2, 0.25) is 0 Å². The lowest BCUT2D eigenvalue weighted by atomic mass is 9.97. The Morgan fingerprint density at radius 2 is 1.83 bits per heavy atom. The molecular formula is C25H24N6O2S2. The molecule has 1 aliphatic heterocycles. The lowest BCUT2D eigenvalue weighted by molar-refractivity contribution is -0.141. The van der Waals surface area contributed by atoms with Crippen LogP contribution in [0, 0.1) is 26.7 Å². The number of thioether (sulfide) groups is 1. The number of carboxylic acids is 1. The second-order valence-corrected chi connectivity index (χ2v) is 10.4. The van der Waals surface area contributed by atoms with E-state index in [9.17, 15) is 9.90 Å². The molecule has 35 heavy (non-hydrogen) atoms. The van der Waals surface area contributed by atoms with Gasteiger partial charge in [0, 0.05) is 27.8 Å². The number of carbonyl (C=O) groups is 1. The highest BCUT2D eigenvalue weighted by molar-refractivity contribution is 7.98. The first-order chi connectivity index (χ1) is 16.8. The Hall–Kier alpha value is -3.37. The molecule has 5 rings (SSSR count). The van der Waals surface area contributed by atoms with Gasteiger partial charge in [0.2, 0.25) is 0 Å². The molecule has 3 aromatic heterocycles. The van der Waals surface area contributed by atoms with Crippen LogP contribution < -0.4 is 0 Å². The van der Waals surface area contributed by atoms with E-state index in [2.05, 4.69) is 34.0 Å². The minimum Gasteiger partial charge on any atom is -0.481 e. The van der Waals surface area contributed by atoms with Crippen LogP contribution in [0.25, 0.3) is 16.3 Å². The van der Waals surface area contributed by atoms with Gasteiger partial charge >= 0.3 is 5.97 Å². The van der Waals surface area contributed by atoms with Crippen molar-refractivity contribution in [2.45, 2.75) is 38.9 Å². The zero-order valence-corrected chi connectivity index (χ0v) is 21.6. The molecule has 0 saturated carbocycles. The van der Waals surface area contributed by atoms with Crippen LogP contribution in [0.5, 0.6) is 0 Å². The van der Waals surface area contributed by atoms with Gasteiger partial charge < -0.3 is 5.11 Å². The topological polar surface area (TPSA) is 106 Å². The van der Waals surface area contributed by atoms with Crippen molar-refractivity contribution in [3.8, 4) is 16.3 Å². The molecule has 0 fully saturated rings. The molecule has 0 spiro atoms. The molecule has 4 aromatic rings. The summed E-state index contributed by atoms with van der Waals surface area (Å²) in [6, 6.07) is 9.30. The Bertz CT molecular complexity index is 1470. The van der Waals surface area contributed by atoms with Crippen LogP contribution in [0.4, 0.5) is 0 Å². The number of benzene rings is 1. The van der Waals surface area contributed by atoms with Gasteiger partial charge in [-0.25, -0.2) is 9.97 Å². The molecule has 10 heteroatoms. The van der Waals surface area contributed by atoms with Gasteiger partial charge in [-0.2, -0.15) is 0 Å². The fourth-order valence-electron chi connectivity index (χ4n) is 4.22. The number of fused-ring (bicyclic) bond motifs is 3. The highest BCUT2D eigenvalue weighted by Gasteiger charge is 2.36. The minimum absolute atomic E-state index is 0.553. The standard InChI is InChI=1S/C25H24N6O2S2/c1-12-14(3)35-23-19(12)21(28-20(13(2)24(32)33)22-30-29-15(4)31(22)23)17-8-6-16(7-9-17)18-10-11-26-25(27-18)34-5/h6-11,13,20H,1-5H3,(H,32,33)/t13?,20-/m0/s1. The predicted octanol–water partition coefficient (Wildman–Crippen LogP) is 5.05. The molecule has 1 aliphatic rings. The third-order valence-corrected chi connectivity index (χ3v) is 8.08. The second-order valence-electron chi connectivity index (χ2n) is 8.46. The number of carboxylic acid groups (broad SMARTS) is 1. The van der Waals surface area contributed by atoms with Gasteiger partial charge in [0.05, 0.1) is 17.3 Å². The fraction of sp³-hybridized carbons (Fsp3) is 0.280.